The van der Waals surface area contributed by atoms with E-state index < -0.39 is 0 Å². The van der Waals surface area contributed by atoms with E-state index in [0.717, 1.165) is 48.8 Å². The molecule has 0 spiro atoms. The fourth-order valence-electron chi connectivity index (χ4n) is 5.47. The van der Waals surface area contributed by atoms with E-state index in [-0.39, 0.29) is 13.5 Å². The van der Waals surface area contributed by atoms with Crippen LogP contribution in [0.15, 0.2) is 12.1 Å². The number of hydrogen-bond acceptors (Lipinski definition) is 6. The molecular weight excluding hydrogens is 414 g/mol. The van der Waals surface area contributed by atoms with Crippen molar-refractivity contribution in [1.82, 2.24) is 15.3 Å². The first-order valence-electron chi connectivity index (χ1n) is 12.8. The number of rotatable bonds is 11. The number of fused-ring (bicyclic) bond motifs is 1. The molecule has 2 aliphatic carbocycles. The van der Waals surface area contributed by atoms with E-state index in [1.807, 2.05) is 0 Å². The number of hydroxylamine groups is 1. The lowest BCUT2D eigenvalue weighted by atomic mass is 9.89. The summed E-state index contributed by atoms with van der Waals surface area (Å²) in [6.45, 7) is 5.68. The van der Waals surface area contributed by atoms with Crippen molar-refractivity contribution in [2.24, 2.45) is 23.7 Å². The average molecular weight is 460 g/mol. The second kappa shape index (κ2) is 10.9. The molecule has 186 valence electrons. The van der Waals surface area contributed by atoms with Crippen LogP contribution in [-0.4, -0.2) is 61.8 Å². The van der Waals surface area contributed by atoms with Crippen molar-refractivity contribution >= 4 is 0 Å². The number of hydrogen-bond donors (Lipinski definition) is 2. The Morgan fingerprint density at radius 1 is 1.09 bits per heavy atom. The molecule has 0 bridgehead atoms. The van der Waals surface area contributed by atoms with Crippen LogP contribution in [0.1, 0.15) is 69.5 Å². The molecule has 1 saturated heterocycles. The van der Waals surface area contributed by atoms with E-state index in [1.54, 1.807) is 0 Å². The molecule has 33 heavy (non-hydrogen) atoms. The lowest BCUT2D eigenvalue weighted by molar-refractivity contribution is 0.151. The molecule has 4 aliphatic rings. The van der Waals surface area contributed by atoms with Gasteiger partial charge in [-0.2, -0.15) is 0 Å². The van der Waals surface area contributed by atoms with E-state index in [2.05, 4.69) is 41.5 Å². The van der Waals surface area contributed by atoms with Gasteiger partial charge in [-0.1, -0.05) is 7.43 Å². The third-order valence-corrected chi connectivity index (χ3v) is 7.94. The van der Waals surface area contributed by atoms with Gasteiger partial charge in [0.1, 0.15) is 5.75 Å². The fraction of sp³-hybridized carbons (Fsp3) is 0.778. The first kappa shape index (κ1) is 24.8. The maximum Gasteiger partial charge on any atom is 0.160 e. The van der Waals surface area contributed by atoms with Crippen molar-refractivity contribution in [2.75, 3.05) is 46.9 Å². The number of benzene rings is 1. The van der Waals surface area contributed by atoms with Crippen LogP contribution in [-0.2, 0) is 6.54 Å². The highest BCUT2D eigenvalue weighted by Gasteiger charge is 2.38. The summed E-state index contributed by atoms with van der Waals surface area (Å²) in [7, 11) is 4.20. The lowest BCUT2D eigenvalue weighted by Crippen LogP contribution is -2.35. The Hall–Kier alpha value is -1.34. The van der Waals surface area contributed by atoms with Crippen molar-refractivity contribution < 1.29 is 14.7 Å². The number of nitrogens with zero attached hydrogens (tertiary/aromatic N) is 2. The quantitative estimate of drug-likeness (QED) is 0.516. The maximum absolute atomic E-state index is 9.27. The summed E-state index contributed by atoms with van der Waals surface area (Å²) in [5, 5.41) is 9.27. The minimum absolute atomic E-state index is 0. The van der Waals surface area contributed by atoms with Crippen molar-refractivity contribution in [2.45, 2.75) is 65.0 Å². The smallest absolute Gasteiger partial charge is 0.160 e. The summed E-state index contributed by atoms with van der Waals surface area (Å²) in [6.07, 6.45) is 8.81. The molecule has 3 atom stereocenters. The highest BCUT2D eigenvalue weighted by Crippen LogP contribution is 2.43. The summed E-state index contributed by atoms with van der Waals surface area (Å²) in [5.74, 6) is 4.87. The van der Waals surface area contributed by atoms with Gasteiger partial charge in [0.05, 0.1) is 18.2 Å². The summed E-state index contributed by atoms with van der Waals surface area (Å²) >= 11 is 0. The molecule has 3 unspecified atom stereocenters. The van der Waals surface area contributed by atoms with Crippen LogP contribution in [0.25, 0.3) is 0 Å². The number of ether oxygens (including phenoxy) is 1. The SMILES string of the molecule is C.CN(C)Cc1c(OCC2CC2)ccc2c1ONC2CCC1CCN(CC2CC2CO)CC1. The second-order valence-electron chi connectivity index (χ2n) is 11.0. The van der Waals surface area contributed by atoms with Crippen LogP contribution >= 0.6 is 0 Å². The zero-order chi connectivity index (χ0) is 22.1. The Bertz CT molecular complexity index is 774. The van der Waals surface area contributed by atoms with Gasteiger partial charge >= 0.3 is 0 Å². The number of nitrogens with one attached hydrogen (secondary N) is 1. The Morgan fingerprint density at radius 2 is 1.88 bits per heavy atom. The number of aliphatic hydroxyl groups is 1. The van der Waals surface area contributed by atoms with Gasteiger partial charge in [-0.05, 0) is 108 Å². The van der Waals surface area contributed by atoms with Gasteiger partial charge in [-0.3, -0.25) is 0 Å². The lowest BCUT2D eigenvalue weighted by Gasteiger charge is -2.32. The molecule has 0 amide bonds. The van der Waals surface area contributed by atoms with Crippen LogP contribution < -0.4 is 15.1 Å². The molecule has 0 radical (unpaired) electrons. The van der Waals surface area contributed by atoms with E-state index in [1.165, 1.54) is 69.3 Å². The average Bonchev–Trinajstić information content (AvgIpc) is 3.71. The number of aliphatic hydroxyl groups excluding tert-OH is 1. The van der Waals surface area contributed by atoms with E-state index in [0.29, 0.717) is 12.5 Å². The van der Waals surface area contributed by atoms with Crippen LogP contribution in [0.2, 0.25) is 0 Å². The molecule has 2 saturated carbocycles. The minimum atomic E-state index is 0. The first-order chi connectivity index (χ1) is 15.6. The zero-order valence-corrected chi connectivity index (χ0v) is 19.9. The Balaban J connectivity index is 0.00000259. The predicted octanol–water partition coefficient (Wildman–Crippen LogP) is 4.23. The van der Waals surface area contributed by atoms with Crippen LogP contribution in [0, 0.1) is 23.7 Å². The normalized spacial score (nSPS) is 27.2. The van der Waals surface area contributed by atoms with Crippen LogP contribution in [0.3, 0.4) is 0 Å². The molecule has 2 heterocycles. The third kappa shape index (κ3) is 6.21. The highest BCUT2D eigenvalue weighted by molar-refractivity contribution is 5.52. The molecular formula is C27H45N3O3. The van der Waals surface area contributed by atoms with E-state index >= 15 is 0 Å². The van der Waals surface area contributed by atoms with Gasteiger partial charge < -0.3 is 24.5 Å². The van der Waals surface area contributed by atoms with Gasteiger partial charge in [-0.25, -0.2) is 0 Å². The molecule has 2 aliphatic heterocycles. The standard InChI is InChI=1S/C26H41N3O3.CH4/c1-28(2)15-23-25(31-17-19-3-4-19)8-6-22-24(27-32-26(22)23)7-5-18-9-11-29(12-10-18)14-20-13-21(20)16-30;/h6,8,18-21,24,27,30H,3-5,7,9-17H2,1-2H3;1H4. The Labute approximate surface area is 200 Å². The molecule has 3 fully saturated rings. The Morgan fingerprint density at radius 3 is 2.55 bits per heavy atom. The number of likely N-dealkylation sites (tertiary alicyclic amines) is 1. The highest BCUT2D eigenvalue weighted by atomic mass is 16.7. The van der Waals surface area contributed by atoms with Gasteiger partial charge in [-0.15, -0.1) is 5.48 Å². The van der Waals surface area contributed by atoms with Gasteiger partial charge in [0.25, 0.3) is 0 Å². The molecule has 6 heteroatoms. The van der Waals surface area contributed by atoms with E-state index in [9.17, 15) is 5.11 Å². The molecule has 5 rings (SSSR count). The predicted molar refractivity (Wildman–Crippen MR) is 132 cm³/mol. The largest absolute Gasteiger partial charge is 0.493 e. The second-order valence-corrected chi connectivity index (χ2v) is 11.0. The molecule has 1 aromatic carbocycles. The number of piperidine rings is 1. The fourth-order valence-corrected chi connectivity index (χ4v) is 5.47. The zero-order valence-electron chi connectivity index (χ0n) is 19.9. The summed E-state index contributed by atoms with van der Waals surface area (Å²) < 4.78 is 6.18. The van der Waals surface area contributed by atoms with Crippen LogP contribution in [0.4, 0.5) is 0 Å². The Kier molecular flexibility index (Phi) is 8.21. The minimum Gasteiger partial charge on any atom is -0.493 e. The summed E-state index contributed by atoms with van der Waals surface area (Å²) in [6, 6.07) is 4.66. The van der Waals surface area contributed by atoms with Gasteiger partial charge in [0, 0.05) is 25.3 Å². The maximum atomic E-state index is 9.27. The molecule has 1 aromatic rings. The molecule has 6 nitrogen and oxygen atoms in total. The van der Waals surface area contributed by atoms with Gasteiger partial charge in [0.15, 0.2) is 5.75 Å². The van der Waals surface area contributed by atoms with Crippen molar-refractivity contribution in [3.8, 4) is 11.5 Å². The topological polar surface area (TPSA) is 57.2 Å². The molecule has 0 aromatic heterocycles. The van der Waals surface area contributed by atoms with E-state index in [4.69, 9.17) is 9.57 Å². The third-order valence-electron chi connectivity index (χ3n) is 7.94. The summed E-state index contributed by atoms with van der Waals surface area (Å²) in [4.78, 5) is 10.9. The first-order valence-corrected chi connectivity index (χ1v) is 12.8. The molecule has 2 N–H and O–H groups in total. The van der Waals surface area contributed by atoms with Crippen LogP contribution in [0.5, 0.6) is 11.5 Å². The van der Waals surface area contributed by atoms with Crippen molar-refractivity contribution in [3.63, 3.8) is 0 Å². The van der Waals surface area contributed by atoms with Gasteiger partial charge in [0.2, 0.25) is 0 Å². The van der Waals surface area contributed by atoms with Crippen molar-refractivity contribution in [3.05, 3.63) is 23.3 Å². The monoisotopic (exact) mass is 459 g/mol. The summed E-state index contributed by atoms with van der Waals surface area (Å²) in [5.41, 5.74) is 5.80. The van der Waals surface area contributed by atoms with Crippen molar-refractivity contribution in [1.29, 1.82) is 0 Å².